The standard InChI is InChI=1S/C19H25N5O2/c1-4-14-16(15(5-2)21-11-20-14)17(25)24-9-13-7-6-8-19(13,10-24)18-23-22-12(3)26-18/h11,13H,4-10H2,1-3H3/t13-,19-/m0/s1. The fourth-order valence-electron chi connectivity index (χ4n) is 4.70. The van der Waals surface area contributed by atoms with Crippen LogP contribution in [0.15, 0.2) is 10.7 Å². The highest BCUT2D eigenvalue weighted by molar-refractivity contribution is 5.96. The van der Waals surface area contributed by atoms with E-state index in [1.54, 1.807) is 6.33 Å². The SMILES string of the molecule is CCc1ncnc(CC)c1C(=O)N1C[C@@H]2CCC[C@]2(c2nnc(C)o2)C1. The number of aryl methyl sites for hydroxylation is 3. The van der Waals surface area contributed by atoms with Gasteiger partial charge >= 0.3 is 0 Å². The Morgan fingerprint density at radius 3 is 2.62 bits per heavy atom. The van der Waals surface area contributed by atoms with Crippen LogP contribution in [0.4, 0.5) is 0 Å². The first kappa shape index (κ1) is 17.1. The molecule has 1 saturated heterocycles. The van der Waals surface area contributed by atoms with Crippen molar-refractivity contribution in [2.24, 2.45) is 5.92 Å². The van der Waals surface area contributed by atoms with E-state index in [0.29, 0.717) is 29.8 Å². The van der Waals surface area contributed by atoms with E-state index in [4.69, 9.17) is 4.42 Å². The second kappa shape index (κ2) is 6.45. The summed E-state index contributed by atoms with van der Waals surface area (Å²) in [6.07, 6.45) is 6.25. The average Bonchev–Trinajstić information content (AvgIpc) is 3.34. The van der Waals surface area contributed by atoms with Gasteiger partial charge in [-0.2, -0.15) is 0 Å². The Bertz CT molecular complexity index is 811. The van der Waals surface area contributed by atoms with Gasteiger partial charge < -0.3 is 9.32 Å². The minimum absolute atomic E-state index is 0.0457. The van der Waals surface area contributed by atoms with Crippen LogP contribution in [0.3, 0.4) is 0 Å². The summed E-state index contributed by atoms with van der Waals surface area (Å²) < 4.78 is 5.81. The maximum atomic E-state index is 13.4. The second-order valence-electron chi connectivity index (χ2n) is 7.41. The Kier molecular flexibility index (Phi) is 4.25. The Labute approximate surface area is 153 Å². The molecule has 26 heavy (non-hydrogen) atoms. The molecule has 0 N–H and O–H groups in total. The first-order valence-electron chi connectivity index (χ1n) is 9.51. The van der Waals surface area contributed by atoms with Gasteiger partial charge in [-0.3, -0.25) is 4.79 Å². The molecule has 2 aromatic heterocycles. The van der Waals surface area contributed by atoms with E-state index >= 15 is 0 Å². The third kappa shape index (κ3) is 2.52. The molecule has 1 aliphatic heterocycles. The van der Waals surface area contributed by atoms with Crippen molar-refractivity contribution < 1.29 is 9.21 Å². The molecule has 0 bridgehead atoms. The van der Waals surface area contributed by atoms with E-state index in [1.165, 1.54) is 0 Å². The van der Waals surface area contributed by atoms with Crippen molar-refractivity contribution in [3.8, 4) is 0 Å². The molecule has 2 atom stereocenters. The normalized spacial score (nSPS) is 24.9. The average molecular weight is 355 g/mol. The number of carbonyl (C=O) groups excluding carboxylic acids is 1. The summed E-state index contributed by atoms with van der Waals surface area (Å²) in [5, 5.41) is 8.34. The van der Waals surface area contributed by atoms with E-state index in [1.807, 2.05) is 25.7 Å². The number of nitrogens with zero attached hydrogens (tertiary/aromatic N) is 5. The Balaban J connectivity index is 1.68. The molecule has 0 spiro atoms. The van der Waals surface area contributed by atoms with Gasteiger partial charge in [0.2, 0.25) is 11.8 Å². The molecule has 1 aliphatic carbocycles. The van der Waals surface area contributed by atoms with Crippen LogP contribution in [-0.4, -0.2) is 44.1 Å². The van der Waals surface area contributed by atoms with Crippen molar-refractivity contribution in [3.05, 3.63) is 35.1 Å². The number of hydrogen-bond donors (Lipinski definition) is 0. The number of aromatic nitrogens is 4. The van der Waals surface area contributed by atoms with Crippen LogP contribution in [-0.2, 0) is 18.3 Å². The van der Waals surface area contributed by atoms with Gasteiger partial charge in [0.25, 0.3) is 5.91 Å². The van der Waals surface area contributed by atoms with Crippen LogP contribution in [0, 0.1) is 12.8 Å². The Morgan fingerprint density at radius 2 is 2.00 bits per heavy atom. The van der Waals surface area contributed by atoms with Crippen molar-refractivity contribution in [1.82, 2.24) is 25.1 Å². The van der Waals surface area contributed by atoms with Crippen LogP contribution in [0.1, 0.15) is 66.6 Å². The molecule has 0 radical (unpaired) electrons. The summed E-state index contributed by atoms with van der Waals surface area (Å²) in [5.41, 5.74) is 2.17. The van der Waals surface area contributed by atoms with Crippen molar-refractivity contribution in [2.45, 2.75) is 58.3 Å². The second-order valence-corrected chi connectivity index (χ2v) is 7.41. The van der Waals surface area contributed by atoms with Crippen molar-refractivity contribution >= 4 is 5.91 Å². The van der Waals surface area contributed by atoms with E-state index in [0.717, 1.165) is 50.0 Å². The zero-order chi connectivity index (χ0) is 18.3. The molecule has 0 unspecified atom stereocenters. The monoisotopic (exact) mass is 355 g/mol. The van der Waals surface area contributed by atoms with Crippen molar-refractivity contribution in [1.29, 1.82) is 0 Å². The number of rotatable bonds is 4. The van der Waals surface area contributed by atoms with Crippen LogP contribution in [0.2, 0.25) is 0 Å². The van der Waals surface area contributed by atoms with Crippen LogP contribution in [0.25, 0.3) is 0 Å². The molecular weight excluding hydrogens is 330 g/mol. The summed E-state index contributed by atoms with van der Waals surface area (Å²) in [7, 11) is 0. The lowest BCUT2D eigenvalue weighted by atomic mass is 9.80. The number of amides is 1. The largest absolute Gasteiger partial charge is 0.425 e. The van der Waals surface area contributed by atoms with Crippen LogP contribution < -0.4 is 0 Å². The first-order valence-corrected chi connectivity index (χ1v) is 9.51. The smallest absolute Gasteiger partial charge is 0.257 e. The predicted octanol–water partition coefficient (Wildman–Crippen LogP) is 2.49. The maximum absolute atomic E-state index is 13.4. The van der Waals surface area contributed by atoms with Gasteiger partial charge in [0.1, 0.15) is 6.33 Å². The number of carbonyl (C=O) groups is 1. The van der Waals surface area contributed by atoms with Crippen LogP contribution in [0.5, 0.6) is 0 Å². The first-order chi connectivity index (χ1) is 12.6. The van der Waals surface area contributed by atoms with E-state index in [2.05, 4.69) is 20.2 Å². The topological polar surface area (TPSA) is 85.0 Å². The summed E-state index contributed by atoms with van der Waals surface area (Å²) >= 11 is 0. The third-order valence-corrected chi connectivity index (χ3v) is 6.00. The van der Waals surface area contributed by atoms with Gasteiger partial charge in [0.05, 0.1) is 22.4 Å². The van der Waals surface area contributed by atoms with Gasteiger partial charge in [-0.05, 0) is 31.6 Å². The Hall–Kier alpha value is -2.31. The molecule has 2 aliphatic rings. The lowest BCUT2D eigenvalue weighted by molar-refractivity contribution is 0.0772. The van der Waals surface area contributed by atoms with E-state index < -0.39 is 0 Å². The van der Waals surface area contributed by atoms with Crippen LogP contribution >= 0.6 is 0 Å². The zero-order valence-corrected chi connectivity index (χ0v) is 15.7. The molecule has 4 rings (SSSR count). The van der Waals surface area contributed by atoms with Gasteiger partial charge in [0, 0.05) is 20.0 Å². The highest BCUT2D eigenvalue weighted by Gasteiger charge is 2.55. The molecule has 2 aromatic rings. The zero-order valence-electron chi connectivity index (χ0n) is 15.7. The predicted molar refractivity (Wildman–Crippen MR) is 94.7 cm³/mol. The van der Waals surface area contributed by atoms with Gasteiger partial charge in [0.15, 0.2) is 0 Å². The van der Waals surface area contributed by atoms with Gasteiger partial charge in [-0.1, -0.05) is 20.3 Å². The lowest BCUT2D eigenvalue weighted by Crippen LogP contribution is -2.36. The number of likely N-dealkylation sites (tertiary alicyclic amines) is 1. The lowest BCUT2D eigenvalue weighted by Gasteiger charge is -2.25. The molecule has 1 amide bonds. The molecular formula is C19H25N5O2. The minimum atomic E-state index is -0.189. The van der Waals surface area contributed by atoms with Gasteiger partial charge in [-0.15, -0.1) is 10.2 Å². The molecule has 2 fully saturated rings. The fraction of sp³-hybridized carbons (Fsp3) is 0.632. The molecule has 1 saturated carbocycles. The van der Waals surface area contributed by atoms with Gasteiger partial charge in [-0.25, -0.2) is 9.97 Å². The summed E-state index contributed by atoms with van der Waals surface area (Å²) in [5.74, 6) is 1.71. The highest BCUT2D eigenvalue weighted by atomic mass is 16.4. The summed E-state index contributed by atoms with van der Waals surface area (Å²) in [6, 6.07) is 0. The molecule has 0 aromatic carbocycles. The summed E-state index contributed by atoms with van der Waals surface area (Å²) in [4.78, 5) is 24.1. The molecule has 7 nitrogen and oxygen atoms in total. The fourth-order valence-corrected chi connectivity index (χ4v) is 4.70. The van der Waals surface area contributed by atoms with E-state index in [9.17, 15) is 4.79 Å². The number of fused-ring (bicyclic) bond motifs is 1. The maximum Gasteiger partial charge on any atom is 0.257 e. The van der Waals surface area contributed by atoms with E-state index in [-0.39, 0.29) is 11.3 Å². The number of hydrogen-bond acceptors (Lipinski definition) is 6. The van der Waals surface area contributed by atoms with Crippen molar-refractivity contribution in [3.63, 3.8) is 0 Å². The summed E-state index contributed by atoms with van der Waals surface area (Å²) in [6.45, 7) is 7.25. The Morgan fingerprint density at radius 1 is 1.27 bits per heavy atom. The third-order valence-electron chi connectivity index (χ3n) is 6.00. The van der Waals surface area contributed by atoms with Crippen molar-refractivity contribution in [2.75, 3.05) is 13.1 Å². The minimum Gasteiger partial charge on any atom is -0.425 e. The quantitative estimate of drug-likeness (QED) is 0.838. The molecule has 3 heterocycles. The highest BCUT2D eigenvalue weighted by Crippen LogP contribution is 2.50. The molecule has 7 heteroatoms. The molecule has 138 valence electrons.